The molecule has 0 heterocycles. The minimum Gasteiger partial charge on any atom is -0.310 e. The number of benzene rings is 1. The van der Waals surface area contributed by atoms with E-state index in [1.54, 1.807) is 0 Å². The van der Waals surface area contributed by atoms with E-state index in [0.717, 1.165) is 17.0 Å². The van der Waals surface area contributed by atoms with Gasteiger partial charge in [-0.15, -0.1) is 11.8 Å². The van der Waals surface area contributed by atoms with Crippen LogP contribution in [-0.2, 0) is 16.4 Å². The monoisotopic (exact) mass is 319 g/mol. The van der Waals surface area contributed by atoms with Gasteiger partial charge in [0.1, 0.15) is 9.84 Å². The van der Waals surface area contributed by atoms with Gasteiger partial charge in [0, 0.05) is 29.5 Å². The molecule has 0 saturated heterocycles. The highest BCUT2D eigenvalue weighted by Crippen LogP contribution is 2.31. The average molecular weight is 320 g/mol. The van der Waals surface area contributed by atoms with Crippen molar-refractivity contribution in [3.8, 4) is 0 Å². The van der Waals surface area contributed by atoms with E-state index < -0.39 is 9.84 Å². The summed E-state index contributed by atoms with van der Waals surface area (Å²) in [5.74, 6) is 0.720. The molecule has 1 aromatic rings. The molecule has 1 fully saturated rings. The Hall–Kier alpha value is -0.230. The Balaban J connectivity index is 1.99. The van der Waals surface area contributed by atoms with Crippen molar-refractivity contribution in [1.82, 2.24) is 5.32 Å². The number of halogens is 1. The molecule has 0 atom stereocenters. The van der Waals surface area contributed by atoms with Crippen LogP contribution in [0.3, 0.4) is 0 Å². The zero-order valence-corrected chi connectivity index (χ0v) is 13.2. The highest BCUT2D eigenvalue weighted by atomic mass is 35.5. The van der Waals surface area contributed by atoms with Crippen molar-refractivity contribution < 1.29 is 8.42 Å². The minimum atomic E-state index is -2.92. The van der Waals surface area contributed by atoms with Crippen LogP contribution < -0.4 is 5.32 Å². The molecule has 1 aliphatic carbocycles. The van der Waals surface area contributed by atoms with E-state index >= 15 is 0 Å². The Morgan fingerprint density at radius 3 is 2.79 bits per heavy atom. The molecule has 1 saturated carbocycles. The maximum absolute atomic E-state index is 11.2. The summed E-state index contributed by atoms with van der Waals surface area (Å²) < 4.78 is 22.3. The first-order chi connectivity index (χ1) is 8.96. The largest absolute Gasteiger partial charge is 0.310 e. The molecule has 0 unspecified atom stereocenters. The first-order valence-electron chi connectivity index (χ1n) is 6.27. The van der Waals surface area contributed by atoms with Crippen LogP contribution in [0.25, 0.3) is 0 Å². The Bertz CT molecular complexity index is 542. The first kappa shape index (κ1) is 15.2. The molecule has 0 aromatic heterocycles. The second kappa shape index (κ2) is 6.48. The zero-order valence-electron chi connectivity index (χ0n) is 10.9. The van der Waals surface area contributed by atoms with Crippen molar-refractivity contribution in [3.63, 3.8) is 0 Å². The van der Waals surface area contributed by atoms with Crippen LogP contribution in [0.15, 0.2) is 23.1 Å². The Morgan fingerprint density at radius 2 is 2.16 bits per heavy atom. The average Bonchev–Trinajstić information content (AvgIpc) is 3.11. The summed E-state index contributed by atoms with van der Waals surface area (Å²) in [6.07, 6.45) is 3.75. The fourth-order valence-corrected chi connectivity index (χ4v) is 4.33. The van der Waals surface area contributed by atoms with Crippen molar-refractivity contribution in [3.05, 3.63) is 28.8 Å². The first-order valence-corrected chi connectivity index (χ1v) is 9.69. The molecule has 0 spiro atoms. The maximum Gasteiger partial charge on any atom is 0.148 e. The summed E-state index contributed by atoms with van der Waals surface area (Å²) in [4.78, 5) is 1.00. The van der Waals surface area contributed by atoms with Gasteiger partial charge in [-0.2, -0.15) is 0 Å². The number of thioether (sulfide) groups is 1. The summed E-state index contributed by atoms with van der Waals surface area (Å²) >= 11 is 7.73. The molecule has 1 aromatic carbocycles. The van der Waals surface area contributed by atoms with Crippen LogP contribution in [0.4, 0.5) is 0 Å². The molecule has 1 aliphatic rings. The van der Waals surface area contributed by atoms with Gasteiger partial charge in [0.2, 0.25) is 0 Å². The number of hydrogen-bond donors (Lipinski definition) is 1. The summed E-state index contributed by atoms with van der Waals surface area (Å²) in [7, 11) is -2.92. The van der Waals surface area contributed by atoms with E-state index in [4.69, 9.17) is 11.6 Å². The number of nitrogens with one attached hydrogen (secondary N) is 1. The van der Waals surface area contributed by atoms with Gasteiger partial charge in [-0.1, -0.05) is 23.7 Å². The minimum absolute atomic E-state index is 0.179. The topological polar surface area (TPSA) is 46.2 Å². The summed E-state index contributed by atoms with van der Waals surface area (Å²) in [6.45, 7) is 0.798. The van der Waals surface area contributed by atoms with Gasteiger partial charge in [-0.3, -0.25) is 0 Å². The van der Waals surface area contributed by atoms with E-state index in [1.165, 1.54) is 30.9 Å². The fraction of sp³-hybridized carbons (Fsp3) is 0.538. The quantitative estimate of drug-likeness (QED) is 0.785. The van der Waals surface area contributed by atoms with E-state index in [-0.39, 0.29) is 5.75 Å². The van der Waals surface area contributed by atoms with Crippen LogP contribution in [0, 0.1) is 0 Å². The molecule has 19 heavy (non-hydrogen) atoms. The second-order valence-electron chi connectivity index (χ2n) is 4.86. The number of hydrogen-bond acceptors (Lipinski definition) is 4. The third-order valence-electron chi connectivity index (χ3n) is 2.91. The number of sulfone groups is 1. The molecule has 0 bridgehead atoms. The molecule has 1 N–H and O–H groups in total. The second-order valence-corrected chi connectivity index (χ2v) is 8.63. The third-order valence-corrected chi connectivity index (χ3v) is 5.72. The Kier molecular flexibility index (Phi) is 5.17. The van der Waals surface area contributed by atoms with Gasteiger partial charge in [-0.05, 0) is 24.5 Å². The van der Waals surface area contributed by atoms with Crippen molar-refractivity contribution >= 4 is 33.2 Å². The zero-order chi connectivity index (χ0) is 13.9. The van der Waals surface area contributed by atoms with E-state index in [1.807, 2.05) is 18.2 Å². The lowest BCUT2D eigenvalue weighted by molar-refractivity contribution is 0.603. The fourth-order valence-electron chi connectivity index (χ4n) is 1.69. The summed E-state index contributed by atoms with van der Waals surface area (Å²) in [6, 6.07) is 6.48. The van der Waals surface area contributed by atoms with Gasteiger partial charge >= 0.3 is 0 Å². The van der Waals surface area contributed by atoms with Crippen molar-refractivity contribution in [2.24, 2.45) is 0 Å². The molecule has 0 radical (unpaired) electrons. The summed E-state index contributed by atoms with van der Waals surface area (Å²) in [5.41, 5.74) is 1.15. The summed E-state index contributed by atoms with van der Waals surface area (Å²) in [5, 5.41) is 4.16. The van der Waals surface area contributed by atoms with E-state index in [2.05, 4.69) is 5.32 Å². The smallest absolute Gasteiger partial charge is 0.148 e. The Labute approximate surface area is 124 Å². The normalized spacial score (nSPS) is 15.7. The molecular weight excluding hydrogens is 302 g/mol. The van der Waals surface area contributed by atoms with Crippen LogP contribution in [0.5, 0.6) is 0 Å². The van der Waals surface area contributed by atoms with Gasteiger partial charge in [0.05, 0.1) is 10.8 Å². The molecule has 3 nitrogen and oxygen atoms in total. The van der Waals surface area contributed by atoms with Crippen LogP contribution in [0.2, 0.25) is 5.02 Å². The maximum atomic E-state index is 11.2. The molecule has 0 amide bonds. The molecule has 106 valence electrons. The lowest BCUT2D eigenvalue weighted by Crippen LogP contribution is -2.16. The predicted octanol–water partition coefficient (Wildman–Crippen LogP) is 2.73. The molecular formula is C13H18ClNO2S2. The van der Waals surface area contributed by atoms with Gasteiger partial charge in [0.15, 0.2) is 0 Å². The predicted molar refractivity (Wildman–Crippen MR) is 81.7 cm³/mol. The van der Waals surface area contributed by atoms with Gasteiger partial charge in [-0.25, -0.2) is 8.42 Å². The van der Waals surface area contributed by atoms with Gasteiger partial charge in [0.25, 0.3) is 0 Å². The molecule has 2 rings (SSSR count). The highest BCUT2D eigenvalue weighted by molar-refractivity contribution is 8.00. The lowest BCUT2D eigenvalue weighted by Gasteiger charge is -2.11. The SMILES string of the molecule is CS(=O)(=O)CCSc1c(Cl)cccc1CNC1CC1. The molecule has 6 heteroatoms. The third kappa shape index (κ3) is 5.34. The number of rotatable bonds is 7. The van der Waals surface area contributed by atoms with Crippen molar-refractivity contribution in [1.29, 1.82) is 0 Å². The molecule has 0 aliphatic heterocycles. The van der Waals surface area contributed by atoms with Crippen LogP contribution >= 0.6 is 23.4 Å². The van der Waals surface area contributed by atoms with E-state index in [9.17, 15) is 8.42 Å². The lowest BCUT2D eigenvalue weighted by atomic mass is 10.2. The van der Waals surface area contributed by atoms with E-state index in [0.29, 0.717) is 16.8 Å². The highest BCUT2D eigenvalue weighted by Gasteiger charge is 2.20. The van der Waals surface area contributed by atoms with Crippen LogP contribution in [-0.4, -0.2) is 32.2 Å². The van der Waals surface area contributed by atoms with Gasteiger partial charge < -0.3 is 5.32 Å². The van der Waals surface area contributed by atoms with Crippen LogP contribution in [0.1, 0.15) is 18.4 Å². The standard InChI is InChI=1S/C13H18ClNO2S2/c1-19(16,17)8-7-18-13-10(3-2-4-12(13)14)9-15-11-5-6-11/h2-4,11,15H,5-9H2,1H3. The van der Waals surface area contributed by atoms with Crippen molar-refractivity contribution in [2.45, 2.75) is 30.3 Å². The van der Waals surface area contributed by atoms with Crippen molar-refractivity contribution in [2.75, 3.05) is 17.8 Å². The Morgan fingerprint density at radius 1 is 1.42 bits per heavy atom.